The first kappa shape index (κ1) is 9.45. The Morgan fingerprint density at radius 2 is 2.14 bits per heavy atom. The predicted octanol–water partition coefficient (Wildman–Crippen LogP) is 2.12. The van der Waals surface area contributed by atoms with Crippen molar-refractivity contribution >= 4 is 21.6 Å². The van der Waals surface area contributed by atoms with E-state index < -0.39 is 0 Å². The molecule has 0 aliphatic carbocycles. The van der Waals surface area contributed by atoms with Gasteiger partial charge in [0.15, 0.2) is 5.65 Å². The summed E-state index contributed by atoms with van der Waals surface area (Å²) in [5, 5.41) is 4.17. The Morgan fingerprint density at radius 3 is 2.79 bits per heavy atom. The third-order valence-corrected chi connectivity index (χ3v) is 2.78. The molecule has 0 bridgehead atoms. The molecule has 4 nitrogen and oxygen atoms in total. The zero-order chi connectivity index (χ0) is 10.3. The molecule has 0 aliphatic rings. The van der Waals surface area contributed by atoms with Crippen LogP contribution in [0, 0.1) is 13.8 Å². The van der Waals surface area contributed by atoms with Crippen molar-refractivity contribution in [2.75, 3.05) is 7.11 Å². The largest absolute Gasteiger partial charge is 0.481 e. The first-order chi connectivity index (χ1) is 6.65. The fraction of sp³-hybridized carbons (Fsp3) is 0.333. The first-order valence-corrected chi connectivity index (χ1v) is 4.99. The van der Waals surface area contributed by atoms with Crippen molar-refractivity contribution in [3.05, 3.63) is 21.9 Å². The second kappa shape index (κ2) is 3.24. The van der Waals surface area contributed by atoms with Gasteiger partial charge in [-0.3, -0.25) is 0 Å². The molecule has 2 rings (SSSR count). The quantitative estimate of drug-likeness (QED) is 0.784. The van der Waals surface area contributed by atoms with Crippen LogP contribution in [0.2, 0.25) is 0 Å². The molecule has 0 aliphatic heterocycles. The van der Waals surface area contributed by atoms with E-state index in [0.717, 1.165) is 27.3 Å². The Morgan fingerprint density at radius 1 is 1.43 bits per heavy atom. The number of aryl methyl sites for hydroxylation is 1. The van der Waals surface area contributed by atoms with Gasteiger partial charge in [0.2, 0.25) is 5.88 Å². The van der Waals surface area contributed by atoms with Gasteiger partial charge in [0.05, 0.1) is 17.8 Å². The Labute approximate surface area is 90.0 Å². The van der Waals surface area contributed by atoms with Crippen molar-refractivity contribution in [3.8, 4) is 5.88 Å². The molecule has 0 spiro atoms. The van der Waals surface area contributed by atoms with Crippen LogP contribution in [0.1, 0.15) is 11.3 Å². The average molecular weight is 256 g/mol. The smallest absolute Gasteiger partial charge is 0.221 e. The van der Waals surface area contributed by atoms with E-state index in [2.05, 4.69) is 26.0 Å². The standard InChI is InChI=1S/C9H10BrN3O/c1-5-6(2)12-8-7(10)4-11-13(8)9(5)14-3/h4H,1-3H3. The van der Waals surface area contributed by atoms with Gasteiger partial charge in [-0.15, -0.1) is 0 Å². The van der Waals surface area contributed by atoms with Gasteiger partial charge in [-0.05, 0) is 29.8 Å². The molecule has 0 saturated heterocycles. The van der Waals surface area contributed by atoms with Gasteiger partial charge < -0.3 is 4.74 Å². The number of halogens is 1. The van der Waals surface area contributed by atoms with Crippen LogP contribution in [0.15, 0.2) is 10.7 Å². The lowest BCUT2D eigenvalue weighted by Crippen LogP contribution is -2.02. The lowest BCUT2D eigenvalue weighted by molar-refractivity contribution is 0.380. The lowest BCUT2D eigenvalue weighted by Gasteiger charge is -2.08. The molecule has 0 aromatic carbocycles. The first-order valence-electron chi connectivity index (χ1n) is 4.19. The zero-order valence-electron chi connectivity index (χ0n) is 8.21. The Bertz CT molecular complexity index is 492. The zero-order valence-corrected chi connectivity index (χ0v) is 9.79. The van der Waals surface area contributed by atoms with Crippen LogP contribution in [0.25, 0.3) is 5.65 Å². The summed E-state index contributed by atoms with van der Waals surface area (Å²) in [7, 11) is 1.64. The van der Waals surface area contributed by atoms with Crippen LogP contribution in [0.4, 0.5) is 0 Å². The molecule has 2 aromatic heterocycles. The Hall–Kier alpha value is -1.10. The monoisotopic (exact) mass is 255 g/mol. The third-order valence-electron chi connectivity index (χ3n) is 2.22. The summed E-state index contributed by atoms with van der Waals surface area (Å²) < 4.78 is 7.85. The molecule has 0 unspecified atom stereocenters. The number of rotatable bonds is 1. The van der Waals surface area contributed by atoms with E-state index >= 15 is 0 Å². The number of hydrogen-bond donors (Lipinski definition) is 0. The van der Waals surface area contributed by atoms with E-state index in [1.807, 2.05) is 13.8 Å². The van der Waals surface area contributed by atoms with Gasteiger partial charge in [-0.25, -0.2) is 4.98 Å². The number of fused-ring (bicyclic) bond motifs is 1. The minimum Gasteiger partial charge on any atom is -0.481 e. The molecule has 2 aromatic rings. The summed E-state index contributed by atoms with van der Waals surface area (Å²) in [4.78, 5) is 4.42. The predicted molar refractivity (Wildman–Crippen MR) is 56.7 cm³/mol. The van der Waals surface area contributed by atoms with Crippen LogP contribution in [0.5, 0.6) is 5.88 Å². The summed E-state index contributed by atoms with van der Waals surface area (Å²) >= 11 is 3.39. The van der Waals surface area contributed by atoms with Gasteiger partial charge in [0.25, 0.3) is 0 Å². The summed E-state index contributed by atoms with van der Waals surface area (Å²) in [5.41, 5.74) is 2.75. The number of ether oxygens (including phenoxy) is 1. The van der Waals surface area contributed by atoms with Crippen molar-refractivity contribution in [1.82, 2.24) is 14.6 Å². The number of hydrogen-bond acceptors (Lipinski definition) is 3. The molecule has 0 saturated carbocycles. The summed E-state index contributed by atoms with van der Waals surface area (Å²) in [6, 6.07) is 0. The number of nitrogens with zero attached hydrogens (tertiary/aromatic N) is 3. The van der Waals surface area contributed by atoms with Crippen LogP contribution in [-0.4, -0.2) is 21.7 Å². The second-order valence-electron chi connectivity index (χ2n) is 3.06. The number of methoxy groups -OCH3 is 1. The lowest BCUT2D eigenvalue weighted by atomic mass is 10.2. The van der Waals surface area contributed by atoms with Crippen molar-refractivity contribution in [2.24, 2.45) is 0 Å². The van der Waals surface area contributed by atoms with E-state index in [9.17, 15) is 0 Å². The summed E-state index contributed by atoms with van der Waals surface area (Å²) in [6.45, 7) is 3.92. The van der Waals surface area contributed by atoms with E-state index in [-0.39, 0.29) is 0 Å². The summed E-state index contributed by atoms with van der Waals surface area (Å²) in [5.74, 6) is 0.734. The maximum atomic E-state index is 5.29. The molecule has 2 heterocycles. The molecule has 14 heavy (non-hydrogen) atoms. The minimum atomic E-state index is 0.734. The highest BCUT2D eigenvalue weighted by atomic mass is 79.9. The highest BCUT2D eigenvalue weighted by Crippen LogP contribution is 2.24. The highest BCUT2D eigenvalue weighted by molar-refractivity contribution is 9.10. The molecule has 0 radical (unpaired) electrons. The van der Waals surface area contributed by atoms with Gasteiger partial charge in [-0.2, -0.15) is 9.61 Å². The molecule has 74 valence electrons. The van der Waals surface area contributed by atoms with Crippen molar-refractivity contribution in [1.29, 1.82) is 0 Å². The molecular formula is C9H10BrN3O. The van der Waals surface area contributed by atoms with Gasteiger partial charge in [0.1, 0.15) is 0 Å². The van der Waals surface area contributed by atoms with Crippen LogP contribution < -0.4 is 4.74 Å². The van der Waals surface area contributed by atoms with Crippen molar-refractivity contribution < 1.29 is 4.74 Å². The van der Waals surface area contributed by atoms with Crippen LogP contribution in [0.3, 0.4) is 0 Å². The molecule has 0 amide bonds. The van der Waals surface area contributed by atoms with E-state index in [1.54, 1.807) is 17.8 Å². The van der Waals surface area contributed by atoms with E-state index in [4.69, 9.17) is 4.74 Å². The summed E-state index contributed by atoms with van der Waals surface area (Å²) in [6.07, 6.45) is 1.71. The number of aromatic nitrogens is 3. The third kappa shape index (κ3) is 1.19. The SMILES string of the molecule is COc1c(C)c(C)nc2c(Br)cnn12. The van der Waals surface area contributed by atoms with E-state index in [1.165, 1.54) is 0 Å². The van der Waals surface area contributed by atoms with Crippen LogP contribution >= 0.6 is 15.9 Å². The fourth-order valence-electron chi connectivity index (χ4n) is 1.37. The van der Waals surface area contributed by atoms with Crippen molar-refractivity contribution in [2.45, 2.75) is 13.8 Å². The second-order valence-corrected chi connectivity index (χ2v) is 3.91. The molecule has 5 heteroatoms. The van der Waals surface area contributed by atoms with Crippen molar-refractivity contribution in [3.63, 3.8) is 0 Å². The highest BCUT2D eigenvalue weighted by Gasteiger charge is 2.12. The Kier molecular flexibility index (Phi) is 2.19. The minimum absolute atomic E-state index is 0.734. The maximum Gasteiger partial charge on any atom is 0.221 e. The molecular weight excluding hydrogens is 246 g/mol. The average Bonchev–Trinajstić information content (AvgIpc) is 2.51. The normalized spacial score (nSPS) is 10.9. The van der Waals surface area contributed by atoms with Gasteiger partial charge in [0, 0.05) is 11.3 Å². The topological polar surface area (TPSA) is 39.4 Å². The molecule has 0 fully saturated rings. The fourth-order valence-corrected chi connectivity index (χ4v) is 1.72. The van der Waals surface area contributed by atoms with E-state index in [0.29, 0.717) is 0 Å². The maximum absolute atomic E-state index is 5.29. The Balaban J connectivity index is 2.90. The molecule has 0 atom stereocenters. The van der Waals surface area contributed by atoms with Gasteiger partial charge in [-0.1, -0.05) is 0 Å². The van der Waals surface area contributed by atoms with Gasteiger partial charge >= 0.3 is 0 Å². The van der Waals surface area contributed by atoms with Crippen LogP contribution in [-0.2, 0) is 0 Å². The molecule has 0 N–H and O–H groups in total.